The molecule has 1 unspecified atom stereocenters. The molecule has 0 bridgehead atoms. The first-order valence-electron chi connectivity index (χ1n) is 9.61. The lowest BCUT2D eigenvalue weighted by Crippen LogP contribution is -2.34. The molecule has 2 aliphatic carbocycles. The second-order valence-corrected chi connectivity index (χ2v) is 8.16. The molecule has 29 heavy (non-hydrogen) atoms. The van der Waals surface area contributed by atoms with Crippen molar-refractivity contribution in [3.05, 3.63) is 70.8 Å². The summed E-state index contributed by atoms with van der Waals surface area (Å²) in [7, 11) is 2.76. The Bertz CT molecular complexity index is 936. The number of esters is 2. The van der Waals surface area contributed by atoms with E-state index in [-0.39, 0.29) is 17.2 Å². The largest absolute Gasteiger partial charge is 0.469 e. The quantitative estimate of drug-likeness (QED) is 0.575. The fourth-order valence-electron chi connectivity index (χ4n) is 4.24. The topological polar surface area (TPSA) is 69.7 Å². The van der Waals surface area contributed by atoms with Crippen LogP contribution in [0, 0.1) is 10.8 Å². The Hall–Kier alpha value is -2.95. The molecule has 0 aromatic heterocycles. The smallest absolute Gasteiger partial charge is 0.319 e. The van der Waals surface area contributed by atoms with Gasteiger partial charge in [0.2, 0.25) is 0 Å². The Labute approximate surface area is 171 Å². The number of carbonyl (C=O) groups excluding carboxylic acids is 3. The molecule has 5 nitrogen and oxygen atoms in total. The summed E-state index contributed by atoms with van der Waals surface area (Å²) >= 11 is 0. The number of Topliss-reactive ketones (excluding diaryl/α,β-unsaturated/α-hetero) is 1. The van der Waals surface area contributed by atoms with E-state index < -0.39 is 11.4 Å². The first-order chi connectivity index (χ1) is 13.7. The van der Waals surface area contributed by atoms with Gasteiger partial charge < -0.3 is 9.47 Å². The lowest BCUT2D eigenvalue weighted by Gasteiger charge is -2.19. The third-order valence-corrected chi connectivity index (χ3v) is 5.90. The average Bonchev–Trinajstić information content (AvgIpc) is 3.22. The Morgan fingerprint density at radius 2 is 1.24 bits per heavy atom. The van der Waals surface area contributed by atoms with Crippen molar-refractivity contribution in [1.29, 1.82) is 0 Å². The second kappa shape index (κ2) is 7.82. The SMILES string of the molecule is COC(=O)C1(C)Cc2ccccc2C1.COC(=O)C1(C)Cc2ccccc2C1=O. The fourth-order valence-corrected chi connectivity index (χ4v) is 4.24. The van der Waals surface area contributed by atoms with Crippen molar-refractivity contribution in [3.8, 4) is 0 Å². The van der Waals surface area contributed by atoms with Gasteiger partial charge in [0.1, 0.15) is 5.41 Å². The van der Waals surface area contributed by atoms with E-state index in [1.807, 2.05) is 31.2 Å². The predicted molar refractivity (Wildman–Crippen MR) is 109 cm³/mol. The van der Waals surface area contributed by atoms with E-state index in [0.29, 0.717) is 12.0 Å². The third kappa shape index (κ3) is 3.69. The molecule has 0 N–H and O–H groups in total. The highest BCUT2D eigenvalue weighted by Crippen LogP contribution is 2.38. The summed E-state index contributed by atoms with van der Waals surface area (Å²) in [6.45, 7) is 3.61. The van der Waals surface area contributed by atoms with Crippen LogP contribution in [0.2, 0.25) is 0 Å². The van der Waals surface area contributed by atoms with Gasteiger partial charge in [0.15, 0.2) is 5.78 Å². The summed E-state index contributed by atoms with van der Waals surface area (Å²) < 4.78 is 9.51. The summed E-state index contributed by atoms with van der Waals surface area (Å²) in [4.78, 5) is 35.2. The van der Waals surface area contributed by atoms with Gasteiger partial charge in [0.25, 0.3) is 0 Å². The Morgan fingerprint density at radius 3 is 1.72 bits per heavy atom. The van der Waals surface area contributed by atoms with Crippen LogP contribution in [0.25, 0.3) is 0 Å². The molecule has 0 aliphatic heterocycles. The number of rotatable bonds is 2. The minimum Gasteiger partial charge on any atom is -0.469 e. The molecule has 5 heteroatoms. The van der Waals surface area contributed by atoms with Crippen molar-refractivity contribution in [2.24, 2.45) is 10.8 Å². The van der Waals surface area contributed by atoms with Crippen molar-refractivity contribution >= 4 is 17.7 Å². The number of ketones is 1. The van der Waals surface area contributed by atoms with Crippen LogP contribution in [0.15, 0.2) is 48.5 Å². The Kier molecular flexibility index (Phi) is 5.60. The molecule has 0 amide bonds. The van der Waals surface area contributed by atoms with Gasteiger partial charge in [-0.25, -0.2) is 0 Å². The number of benzene rings is 2. The van der Waals surface area contributed by atoms with Gasteiger partial charge in [-0.1, -0.05) is 48.5 Å². The van der Waals surface area contributed by atoms with Gasteiger partial charge in [-0.3, -0.25) is 14.4 Å². The number of hydrogen-bond donors (Lipinski definition) is 0. The Balaban J connectivity index is 0.000000166. The summed E-state index contributed by atoms with van der Waals surface area (Å²) in [6, 6.07) is 15.5. The van der Waals surface area contributed by atoms with Crippen LogP contribution < -0.4 is 0 Å². The lowest BCUT2D eigenvalue weighted by molar-refractivity contribution is -0.151. The standard InChI is InChI=1S/C12H12O3.C12H14O2/c1-12(11(14)15-2)7-8-5-3-4-6-9(8)10(12)13;1-12(11(13)14-2)7-9-5-3-4-6-10(9)8-12/h3-6H,7H2,1-2H3;3-6H,7-8H2,1-2H3. The van der Waals surface area contributed by atoms with Gasteiger partial charge in [-0.15, -0.1) is 0 Å². The first-order valence-corrected chi connectivity index (χ1v) is 9.61. The zero-order chi connectivity index (χ0) is 21.2. The molecule has 1 atom stereocenters. The molecule has 152 valence electrons. The van der Waals surface area contributed by atoms with E-state index in [2.05, 4.69) is 16.9 Å². The average molecular weight is 394 g/mol. The maximum Gasteiger partial charge on any atom is 0.319 e. The second-order valence-electron chi connectivity index (χ2n) is 8.16. The van der Waals surface area contributed by atoms with Crippen LogP contribution in [0.3, 0.4) is 0 Å². The van der Waals surface area contributed by atoms with Crippen molar-refractivity contribution < 1.29 is 23.9 Å². The molecule has 2 aliphatic rings. The fraction of sp³-hybridized carbons (Fsp3) is 0.375. The number of fused-ring (bicyclic) bond motifs is 2. The van der Waals surface area contributed by atoms with Crippen LogP contribution in [0.1, 0.15) is 40.9 Å². The van der Waals surface area contributed by atoms with E-state index in [9.17, 15) is 14.4 Å². The molecular weight excluding hydrogens is 368 g/mol. The van der Waals surface area contributed by atoms with Crippen molar-refractivity contribution in [1.82, 2.24) is 0 Å². The van der Waals surface area contributed by atoms with Gasteiger partial charge >= 0.3 is 11.9 Å². The van der Waals surface area contributed by atoms with E-state index in [4.69, 9.17) is 4.74 Å². The van der Waals surface area contributed by atoms with Crippen LogP contribution in [-0.2, 0) is 38.3 Å². The number of methoxy groups -OCH3 is 2. The van der Waals surface area contributed by atoms with E-state index in [1.165, 1.54) is 25.3 Å². The van der Waals surface area contributed by atoms with E-state index in [0.717, 1.165) is 18.4 Å². The molecule has 0 spiro atoms. The molecule has 0 saturated heterocycles. The molecule has 0 saturated carbocycles. The van der Waals surface area contributed by atoms with Crippen molar-refractivity contribution in [3.63, 3.8) is 0 Å². The van der Waals surface area contributed by atoms with Gasteiger partial charge in [-0.2, -0.15) is 0 Å². The third-order valence-electron chi connectivity index (χ3n) is 5.90. The molecule has 2 aromatic rings. The lowest BCUT2D eigenvalue weighted by atomic mass is 9.86. The zero-order valence-electron chi connectivity index (χ0n) is 17.3. The molecule has 0 heterocycles. The first kappa shape index (κ1) is 20.8. The molecule has 2 aromatic carbocycles. The number of carbonyl (C=O) groups is 3. The molecule has 0 fully saturated rings. The highest BCUT2D eigenvalue weighted by molar-refractivity contribution is 6.15. The van der Waals surface area contributed by atoms with Gasteiger partial charge in [0, 0.05) is 5.56 Å². The monoisotopic (exact) mass is 394 g/mol. The van der Waals surface area contributed by atoms with Crippen LogP contribution in [0.4, 0.5) is 0 Å². The highest BCUT2D eigenvalue weighted by atomic mass is 16.5. The maximum absolute atomic E-state index is 12.0. The molecule has 4 rings (SSSR count). The summed E-state index contributed by atoms with van der Waals surface area (Å²) in [5.41, 5.74) is 2.75. The van der Waals surface area contributed by atoms with Crippen LogP contribution in [-0.4, -0.2) is 31.9 Å². The number of ether oxygens (including phenoxy) is 2. The van der Waals surface area contributed by atoms with E-state index in [1.54, 1.807) is 19.1 Å². The molecular formula is C24H26O5. The predicted octanol–water partition coefficient (Wildman–Crippen LogP) is 3.57. The zero-order valence-corrected chi connectivity index (χ0v) is 17.3. The minimum absolute atomic E-state index is 0.103. The molecule has 0 radical (unpaired) electrons. The Morgan fingerprint density at radius 1 is 0.759 bits per heavy atom. The number of hydrogen-bond acceptors (Lipinski definition) is 5. The summed E-state index contributed by atoms with van der Waals surface area (Å²) in [6.07, 6.45) is 2.04. The maximum atomic E-state index is 12.0. The summed E-state index contributed by atoms with van der Waals surface area (Å²) in [5, 5.41) is 0. The highest BCUT2D eigenvalue weighted by Gasteiger charge is 2.48. The van der Waals surface area contributed by atoms with E-state index >= 15 is 0 Å². The van der Waals surface area contributed by atoms with Crippen LogP contribution >= 0.6 is 0 Å². The van der Waals surface area contributed by atoms with Gasteiger partial charge in [0.05, 0.1) is 19.6 Å². The van der Waals surface area contributed by atoms with Crippen LogP contribution in [0.5, 0.6) is 0 Å². The minimum atomic E-state index is -1.03. The summed E-state index contributed by atoms with van der Waals surface area (Å²) in [5.74, 6) is -0.692. The van der Waals surface area contributed by atoms with Gasteiger partial charge in [-0.05, 0) is 49.8 Å². The van der Waals surface area contributed by atoms with Crippen molar-refractivity contribution in [2.45, 2.75) is 33.1 Å². The van der Waals surface area contributed by atoms with Crippen molar-refractivity contribution in [2.75, 3.05) is 14.2 Å². The normalized spacial score (nSPS) is 20.8.